The van der Waals surface area contributed by atoms with Gasteiger partial charge < -0.3 is 20.5 Å². The van der Waals surface area contributed by atoms with E-state index in [-0.39, 0.29) is 35.8 Å². The summed E-state index contributed by atoms with van der Waals surface area (Å²) in [6.07, 6.45) is 3.86. The predicted molar refractivity (Wildman–Crippen MR) is 115 cm³/mol. The van der Waals surface area contributed by atoms with Gasteiger partial charge in [0.15, 0.2) is 5.82 Å². The van der Waals surface area contributed by atoms with Crippen molar-refractivity contribution >= 4 is 29.6 Å². The summed E-state index contributed by atoms with van der Waals surface area (Å²) in [5, 5.41) is 9.41. The van der Waals surface area contributed by atoms with Gasteiger partial charge in [-0.25, -0.2) is 9.18 Å². The first-order chi connectivity index (χ1) is 13.8. The molecule has 2 aliphatic rings. The van der Waals surface area contributed by atoms with Crippen molar-refractivity contribution in [2.45, 2.75) is 38.1 Å². The summed E-state index contributed by atoms with van der Waals surface area (Å²) in [7, 11) is 1.61. The van der Waals surface area contributed by atoms with Crippen LogP contribution >= 0.6 is 12.4 Å². The van der Waals surface area contributed by atoms with Crippen LogP contribution in [0.25, 0.3) is 5.52 Å². The molecule has 0 radical (unpaired) electrons. The summed E-state index contributed by atoms with van der Waals surface area (Å²) >= 11 is 0. The fraction of sp³-hybridized carbons (Fsp3) is 0.524. The molecule has 3 N–H and O–H groups in total. The smallest absolute Gasteiger partial charge is 0.341 e. The first-order valence-electron chi connectivity index (χ1n) is 9.94. The second kappa shape index (κ2) is 8.53. The number of hydrogen-bond acceptors (Lipinski definition) is 5. The molecule has 2 aromatic heterocycles. The topological polar surface area (TPSA) is 97.3 Å². The van der Waals surface area contributed by atoms with Gasteiger partial charge in [0.1, 0.15) is 5.56 Å². The number of carbonyl (C=O) groups is 1. The molecule has 4 rings (SSSR count). The Bertz CT molecular complexity index is 1040. The predicted octanol–water partition coefficient (Wildman–Crippen LogP) is 2.54. The molecule has 2 aromatic rings. The van der Waals surface area contributed by atoms with E-state index in [0.717, 1.165) is 31.0 Å². The van der Waals surface area contributed by atoms with Crippen molar-refractivity contribution in [3.05, 3.63) is 45.1 Å². The van der Waals surface area contributed by atoms with Gasteiger partial charge in [-0.05, 0) is 55.2 Å². The molecule has 0 bridgehead atoms. The van der Waals surface area contributed by atoms with Gasteiger partial charge in [-0.2, -0.15) is 0 Å². The zero-order valence-electron chi connectivity index (χ0n) is 17.1. The highest BCUT2D eigenvalue weighted by Crippen LogP contribution is 2.44. The highest BCUT2D eigenvalue weighted by molar-refractivity contribution is 5.89. The van der Waals surface area contributed by atoms with Crippen molar-refractivity contribution in [1.82, 2.24) is 4.40 Å². The summed E-state index contributed by atoms with van der Waals surface area (Å²) in [5.41, 5.74) is 7.75. The molecule has 3 heterocycles. The van der Waals surface area contributed by atoms with Crippen LogP contribution in [0.2, 0.25) is 0 Å². The Morgan fingerprint density at radius 3 is 2.70 bits per heavy atom. The number of aromatic nitrogens is 1. The highest BCUT2D eigenvalue weighted by Gasteiger charge is 2.33. The Labute approximate surface area is 180 Å². The molecule has 0 amide bonds. The fourth-order valence-electron chi connectivity index (χ4n) is 4.56. The number of aryl methyl sites for hydroxylation is 1. The van der Waals surface area contributed by atoms with E-state index in [1.54, 1.807) is 7.11 Å². The van der Waals surface area contributed by atoms with E-state index in [4.69, 9.17) is 10.5 Å². The number of nitrogens with two attached hydrogens (primary N) is 1. The monoisotopic (exact) mass is 439 g/mol. The number of pyridine rings is 2. The Kier molecular flexibility index (Phi) is 6.40. The van der Waals surface area contributed by atoms with Crippen LogP contribution in [0.1, 0.15) is 46.7 Å². The van der Waals surface area contributed by atoms with Gasteiger partial charge in [-0.3, -0.25) is 9.20 Å². The Morgan fingerprint density at radius 2 is 2.10 bits per heavy atom. The molecule has 2 fully saturated rings. The third-order valence-corrected chi connectivity index (χ3v) is 6.20. The van der Waals surface area contributed by atoms with Crippen molar-refractivity contribution < 1.29 is 19.0 Å². The second-order valence-electron chi connectivity index (χ2n) is 8.18. The van der Waals surface area contributed by atoms with Gasteiger partial charge in [0.05, 0.1) is 24.0 Å². The minimum atomic E-state index is -1.29. The number of ether oxygens (including phenoxy) is 1. The van der Waals surface area contributed by atoms with E-state index in [1.807, 2.05) is 11.8 Å². The number of rotatable bonds is 6. The van der Waals surface area contributed by atoms with E-state index >= 15 is 4.39 Å². The van der Waals surface area contributed by atoms with Crippen LogP contribution in [0, 0.1) is 18.7 Å². The summed E-state index contributed by atoms with van der Waals surface area (Å²) in [5.74, 6) is -1.41. The van der Waals surface area contributed by atoms with Crippen molar-refractivity contribution in [2.24, 2.45) is 11.7 Å². The van der Waals surface area contributed by atoms with Gasteiger partial charge in [0.2, 0.25) is 0 Å². The summed E-state index contributed by atoms with van der Waals surface area (Å²) in [6.45, 7) is 3.56. The zero-order valence-corrected chi connectivity index (χ0v) is 17.9. The lowest BCUT2D eigenvalue weighted by molar-refractivity contribution is 0.0694. The largest absolute Gasteiger partial charge is 0.477 e. The van der Waals surface area contributed by atoms with Gasteiger partial charge in [-0.15, -0.1) is 12.4 Å². The third-order valence-electron chi connectivity index (χ3n) is 6.20. The molecule has 0 aromatic carbocycles. The molecule has 1 aliphatic carbocycles. The van der Waals surface area contributed by atoms with Crippen LogP contribution in [-0.2, 0) is 4.74 Å². The van der Waals surface area contributed by atoms with E-state index in [9.17, 15) is 14.7 Å². The molecule has 0 spiro atoms. The van der Waals surface area contributed by atoms with Crippen molar-refractivity contribution in [2.75, 3.05) is 31.7 Å². The fourth-order valence-corrected chi connectivity index (χ4v) is 4.56. The molecule has 2 atom stereocenters. The lowest BCUT2D eigenvalue weighted by Crippen LogP contribution is -2.36. The maximum absolute atomic E-state index is 15.2. The number of fused-ring (bicyclic) bond motifs is 1. The van der Waals surface area contributed by atoms with Gasteiger partial charge in [0.25, 0.3) is 5.56 Å². The quantitative estimate of drug-likeness (QED) is 0.717. The van der Waals surface area contributed by atoms with E-state index < -0.39 is 17.3 Å². The maximum atomic E-state index is 15.2. The standard InChI is InChI=1S/C21H26FN3O4.ClH/c1-11-18-14(12-3-4-12)7-15(21(27)28)20(26)25(18)9-16(22)19(11)24-6-5-13(8-24)17(23)10-29-2;/h7,9,12-13,17H,3-6,8,10,23H2,1-2H3,(H,27,28);1H/t13-,17?;/m1./s1. The molecule has 1 saturated heterocycles. The number of carboxylic acid groups (broad SMARTS) is 1. The molecular weight excluding hydrogens is 413 g/mol. The zero-order chi connectivity index (χ0) is 20.9. The van der Waals surface area contributed by atoms with Gasteiger partial charge in [-0.1, -0.05) is 0 Å². The summed E-state index contributed by atoms with van der Waals surface area (Å²) in [4.78, 5) is 26.2. The minimum Gasteiger partial charge on any atom is -0.477 e. The van der Waals surface area contributed by atoms with Crippen molar-refractivity contribution in [3.8, 4) is 0 Å². The number of hydrogen-bond donors (Lipinski definition) is 2. The third kappa shape index (κ3) is 3.79. The lowest BCUT2D eigenvalue weighted by Gasteiger charge is -2.25. The van der Waals surface area contributed by atoms with Gasteiger partial charge in [0, 0.05) is 26.2 Å². The summed E-state index contributed by atoms with van der Waals surface area (Å²) < 4.78 is 21.5. The Hall–Kier alpha value is -2.16. The van der Waals surface area contributed by atoms with Crippen LogP contribution in [-0.4, -0.2) is 48.3 Å². The van der Waals surface area contributed by atoms with E-state index in [0.29, 0.717) is 36.5 Å². The van der Waals surface area contributed by atoms with E-state index in [2.05, 4.69) is 0 Å². The summed E-state index contributed by atoms with van der Waals surface area (Å²) in [6, 6.07) is 1.37. The maximum Gasteiger partial charge on any atom is 0.341 e. The molecule has 1 aliphatic heterocycles. The second-order valence-corrected chi connectivity index (χ2v) is 8.18. The average Bonchev–Trinajstić information content (AvgIpc) is 3.40. The molecule has 164 valence electrons. The average molecular weight is 440 g/mol. The number of anilines is 1. The SMILES string of the molecule is COCC(N)[C@@H]1CCN(c2c(F)cn3c(=O)c(C(=O)O)cc(C4CC4)c3c2C)C1.Cl. The van der Waals surface area contributed by atoms with Crippen LogP contribution in [0.15, 0.2) is 17.1 Å². The van der Waals surface area contributed by atoms with Crippen molar-refractivity contribution in [1.29, 1.82) is 0 Å². The lowest BCUT2D eigenvalue weighted by atomic mass is 10.0. The minimum absolute atomic E-state index is 0. The van der Waals surface area contributed by atoms with E-state index in [1.165, 1.54) is 10.5 Å². The van der Waals surface area contributed by atoms with Crippen LogP contribution in [0.4, 0.5) is 10.1 Å². The Balaban J connectivity index is 0.00000256. The Morgan fingerprint density at radius 1 is 1.40 bits per heavy atom. The molecular formula is C21H27ClFN3O4. The first kappa shape index (κ1) is 22.5. The van der Waals surface area contributed by atoms with Crippen LogP contribution in [0.5, 0.6) is 0 Å². The molecule has 30 heavy (non-hydrogen) atoms. The molecule has 9 heteroatoms. The number of nitrogens with zero attached hydrogens (tertiary/aromatic N) is 2. The molecule has 7 nitrogen and oxygen atoms in total. The number of aromatic carboxylic acids is 1. The first-order valence-corrected chi connectivity index (χ1v) is 9.94. The normalized spacial score (nSPS) is 19.7. The van der Waals surface area contributed by atoms with Crippen LogP contribution in [0.3, 0.4) is 0 Å². The molecule has 1 unspecified atom stereocenters. The number of carboxylic acids is 1. The number of methoxy groups -OCH3 is 1. The van der Waals surface area contributed by atoms with Gasteiger partial charge >= 0.3 is 5.97 Å². The van der Waals surface area contributed by atoms with Crippen molar-refractivity contribution in [3.63, 3.8) is 0 Å². The molecule has 1 saturated carbocycles. The van der Waals surface area contributed by atoms with Crippen LogP contribution < -0.4 is 16.2 Å². The highest BCUT2D eigenvalue weighted by atomic mass is 35.5. The number of halogens is 2.